The van der Waals surface area contributed by atoms with Gasteiger partial charge < -0.3 is 5.32 Å². The Hall–Kier alpha value is -0.795. The number of rotatable bonds is 3. The first kappa shape index (κ1) is 14.8. The highest BCUT2D eigenvalue weighted by molar-refractivity contribution is 6.74. The van der Waals surface area contributed by atoms with Crippen molar-refractivity contribution >= 4 is 12.2 Å². The summed E-state index contributed by atoms with van der Waals surface area (Å²) in [6, 6.07) is 5.71. The number of hydrogen-bond donors (Lipinski definition) is 1. The highest BCUT2D eigenvalue weighted by Crippen LogP contribution is 2.28. The van der Waals surface area contributed by atoms with E-state index >= 15 is 0 Å². The number of likely N-dealkylation sites (tertiary alicyclic amines) is 1. The second kappa shape index (κ2) is 6.01. The van der Waals surface area contributed by atoms with Crippen molar-refractivity contribution in [3.8, 4) is 0 Å². The number of benzene rings is 1. The summed E-state index contributed by atoms with van der Waals surface area (Å²) in [5, 5.41) is 3.48. The highest BCUT2D eigenvalue weighted by atomic mass is 15.2. The van der Waals surface area contributed by atoms with Crippen molar-refractivity contribution in [3.05, 3.63) is 28.8 Å². The maximum absolute atomic E-state index is 3.48. The van der Waals surface area contributed by atoms with Gasteiger partial charge in [-0.1, -0.05) is 41.9 Å². The van der Waals surface area contributed by atoms with Gasteiger partial charge in [-0.25, -0.2) is 0 Å². The lowest BCUT2D eigenvalue weighted by Gasteiger charge is -2.46. The van der Waals surface area contributed by atoms with E-state index in [0.29, 0.717) is 0 Å². The van der Waals surface area contributed by atoms with Crippen LogP contribution in [0.5, 0.6) is 0 Å². The van der Waals surface area contributed by atoms with Crippen LogP contribution >= 0.6 is 0 Å². The fourth-order valence-electron chi connectivity index (χ4n) is 4.99. The lowest BCUT2D eigenvalue weighted by atomic mass is 9.47. The minimum Gasteiger partial charge on any atom is -0.317 e. The Bertz CT molecular complexity index is 545. The smallest absolute Gasteiger partial charge is 0.173 e. The van der Waals surface area contributed by atoms with E-state index in [1.54, 1.807) is 22.2 Å². The molecule has 1 aromatic carbocycles. The van der Waals surface area contributed by atoms with E-state index in [1.807, 2.05) is 0 Å². The zero-order chi connectivity index (χ0) is 15.1. The van der Waals surface area contributed by atoms with Gasteiger partial charge in [-0.15, -0.1) is 0 Å². The summed E-state index contributed by atoms with van der Waals surface area (Å²) in [5.74, 6) is 0.892. The van der Waals surface area contributed by atoms with Crippen LogP contribution in [0.2, 0.25) is 13.1 Å². The molecule has 0 amide bonds. The van der Waals surface area contributed by atoms with Gasteiger partial charge in [0.1, 0.15) is 0 Å². The lowest BCUT2D eigenvalue weighted by Crippen LogP contribution is -2.55. The molecule has 1 N–H and O–H groups in total. The van der Waals surface area contributed by atoms with Gasteiger partial charge >= 0.3 is 0 Å². The molecule has 2 fully saturated rings. The van der Waals surface area contributed by atoms with Gasteiger partial charge in [0.2, 0.25) is 0 Å². The summed E-state index contributed by atoms with van der Waals surface area (Å²) in [5.41, 5.74) is 6.55. The Morgan fingerprint density at radius 1 is 1.23 bits per heavy atom. The Kier molecular flexibility index (Phi) is 4.04. The molecular weight excluding hydrogens is 267 g/mol. The van der Waals surface area contributed by atoms with Crippen molar-refractivity contribution in [3.63, 3.8) is 0 Å². The summed E-state index contributed by atoms with van der Waals surface area (Å²) in [7, 11) is 0. The first-order chi connectivity index (χ1) is 10.7. The van der Waals surface area contributed by atoms with E-state index < -0.39 is 0 Å². The first-order valence-corrected chi connectivity index (χ1v) is 9.28. The van der Waals surface area contributed by atoms with E-state index in [9.17, 15) is 0 Å². The van der Waals surface area contributed by atoms with Crippen molar-refractivity contribution in [1.82, 2.24) is 10.2 Å². The molecule has 3 aliphatic heterocycles. The Balaban J connectivity index is 1.38. The number of piperidine rings is 1. The monoisotopic (exact) mass is 296 g/mol. The SMILES string of the molecule is CB1CCc2ccc(CC3CN(C4CCNCC4)C3)c(C)c21. The molecule has 0 aliphatic carbocycles. The van der Waals surface area contributed by atoms with Gasteiger partial charge in [0.25, 0.3) is 0 Å². The van der Waals surface area contributed by atoms with Crippen molar-refractivity contribution in [2.24, 2.45) is 5.92 Å². The third kappa shape index (κ3) is 2.63. The largest absolute Gasteiger partial charge is 0.317 e. The summed E-state index contributed by atoms with van der Waals surface area (Å²) in [6.45, 7) is 10.7. The van der Waals surface area contributed by atoms with Crippen LogP contribution in [0.4, 0.5) is 0 Å². The normalized spacial score (nSPS) is 23.6. The predicted octanol–water partition coefficient (Wildman–Crippen LogP) is 2.11. The van der Waals surface area contributed by atoms with Crippen LogP contribution in [0.1, 0.15) is 29.5 Å². The summed E-state index contributed by atoms with van der Waals surface area (Å²) < 4.78 is 0. The molecule has 2 saturated heterocycles. The van der Waals surface area contributed by atoms with Gasteiger partial charge in [0, 0.05) is 19.1 Å². The summed E-state index contributed by atoms with van der Waals surface area (Å²) in [6.07, 6.45) is 6.65. The molecule has 0 radical (unpaired) electrons. The Morgan fingerprint density at radius 3 is 2.77 bits per heavy atom. The Labute approximate surface area is 135 Å². The van der Waals surface area contributed by atoms with Crippen LogP contribution < -0.4 is 10.8 Å². The van der Waals surface area contributed by atoms with Gasteiger partial charge in [-0.2, -0.15) is 0 Å². The van der Waals surface area contributed by atoms with E-state index in [4.69, 9.17) is 0 Å². The molecule has 0 saturated carbocycles. The van der Waals surface area contributed by atoms with Crippen LogP contribution in [0.3, 0.4) is 0 Å². The third-order valence-electron chi connectivity index (χ3n) is 6.38. The molecule has 0 spiro atoms. The molecule has 0 aromatic heterocycles. The lowest BCUT2D eigenvalue weighted by molar-refractivity contribution is 0.0386. The molecule has 0 atom stereocenters. The molecule has 3 aliphatic rings. The van der Waals surface area contributed by atoms with Gasteiger partial charge in [0.05, 0.1) is 0 Å². The minimum absolute atomic E-state index is 0.780. The number of aryl methyl sites for hydroxylation is 1. The van der Waals surface area contributed by atoms with Crippen LogP contribution in [0, 0.1) is 12.8 Å². The van der Waals surface area contributed by atoms with Crippen molar-refractivity contribution < 1.29 is 0 Å². The zero-order valence-corrected chi connectivity index (χ0v) is 14.2. The van der Waals surface area contributed by atoms with E-state index in [2.05, 4.69) is 36.1 Å². The molecular formula is C19H29BN2. The Morgan fingerprint density at radius 2 is 2.00 bits per heavy atom. The molecule has 2 nitrogen and oxygen atoms in total. The average Bonchev–Trinajstić information content (AvgIpc) is 2.87. The molecule has 4 rings (SSSR count). The fourth-order valence-corrected chi connectivity index (χ4v) is 4.99. The molecule has 1 aromatic rings. The maximum Gasteiger partial charge on any atom is 0.173 e. The molecule has 3 heterocycles. The first-order valence-electron chi connectivity index (χ1n) is 9.28. The fraction of sp³-hybridized carbons (Fsp3) is 0.684. The standard InChI is InChI=1S/C19H29BN2/c1-14-17(4-3-16-5-8-20(2)19(14)16)11-15-12-22(13-15)18-6-9-21-10-7-18/h3-4,15,18,21H,5-13H2,1-2H3. The zero-order valence-electron chi connectivity index (χ0n) is 14.2. The molecule has 3 heteroatoms. The highest BCUT2D eigenvalue weighted by Gasteiger charge is 2.33. The van der Waals surface area contributed by atoms with Crippen LogP contribution in [-0.4, -0.2) is 43.8 Å². The number of fused-ring (bicyclic) bond motifs is 1. The van der Waals surface area contributed by atoms with Crippen molar-refractivity contribution in [1.29, 1.82) is 0 Å². The second-order valence-corrected chi connectivity index (χ2v) is 7.87. The number of nitrogens with zero attached hydrogens (tertiary/aromatic N) is 1. The number of nitrogens with one attached hydrogen (secondary N) is 1. The van der Waals surface area contributed by atoms with E-state index in [0.717, 1.165) is 18.7 Å². The quantitative estimate of drug-likeness (QED) is 0.860. The predicted molar refractivity (Wildman–Crippen MR) is 95.6 cm³/mol. The van der Waals surface area contributed by atoms with Crippen LogP contribution in [-0.2, 0) is 12.8 Å². The second-order valence-electron chi connectivity index (χ2n) is 7.87. The van der Waals surface area contributed by atoms with Crippen LogP contribution in [0.15, 0.2) is 12.1 Å². The van der Waals surface area contributed by atoms with Gasteiger partial charge in [0.15, 0.2) is 6.71 Å². The molecule has 0 unspecified atom stereocenters. The van der Waals surface area contributed by atoms with Gasteiger partial charge in [-0.3, -0.25) is 4.90 Å². The summed E-state index contributed by atoms with van der Waals surface area (Å²) >= 11 is 0. The van der Waals surface area contributed by atoms with Gasteiger partial charge in [-0.05, 0) is 57.2 Å². The van der Waals surface area contributed by atoms with Crippen LogP contribution in [0.25, 0.3) is 0 Å². The van der Waals surface area contributed by atoms with E-state index in [1.165, 1.54) is 58.2 Å². The average molecular weight is 296 g/mol. The summed E-state index contributed by atoms with van der Waals surface area (Å²) in [4.78, 5) is 2.73. The minimum atomic E-state index is 0.780. The molecule has 22 heavy (non-hydrogen) atoms. The van der Waals surface area contributed by atoms with Crippen molar-refractivity contribution in [2.45, 2.75) is 51.8 Å². The molecule has 118 valence electrons. The van der Waals surface area contributed by atoms with E-state index in [-0.39, 0.29) is 0 Å². The number of hydrogen-bond acceptors (Lipinski definition) is 2. The maximum atomic E-state index is 3.48. The topological polar surface area (TPSA) is 15.3 Å². The van der Waals surface area contributed by atoms with Crippen molar-refractivity contribution in [2.75, 3.05) is 26.2 Å². The third-order valence-corrected chi connectivity index (χ3v) is 6.38. The molecule has 0 bridgehead atoms.